The molecule has 2 rings (SSSR count). The fourth-order valence-corrected chi connectivity index (χ4v) is 3.61. The largest absolute Gasteiger partial charge is 0.315 e. The summed E-state index contributed by atoms with van der Waals surface area (Å²) in [6.07, 6.45) is 0.670. The number of rotatable bonds is 3. The standard InChI is InChI=1S/C11H14FNO2S/c12-10-3-1-9(2-4-10)8-16(14,15)11-5-6-13-7-11/h1-4,11,13H,5-8H2. The molecule has 1 fully saturated rings. The quantitative estimate of drug-likeness (QED) is 0.864. The Bertz CT molecular complexity index is 449. The van der Waals surface area contributed by atoms with E-state index in [0.717, 1.165) is 6.54 Å². The molecule has 1 atom stereocenters. The van der Waals surface area contributed by atoms with E-state index < -0.39 is 9.84 Å². The SMILES string of the molecule is O=S(=O)(Cc1ccc(F)cc1)C1CCNC1. The molecular formula is C11H14FNO2S. The molecule has 1 N–H and O–H groups in total. The minimum atomic E-state index is -3.11. The van der Waals surface area contributed by atoms with Crippen molar-refractivity contribution in [2.24, 2.45) is 0 Å². The van der Waals surface area contributed by atoms with E-state index in [1.807, 2.05) is 0 Å². The van der Waals surface area contributed by atoms with Crippen LogP contribution < -0.4 is 5.32 Å². The Morgan fingerprint density at radius 2 is 2.00 bits per heavy atom. The van der Waals surface area contributed by atoms with Gasteiger partial charge >= 0.3 is 0 Å². The van der Waals surface area contributed by atoms with Crippen LogP contribution in [0.4, 0.5) is 4.39 Å². The smallest absolute Gasteiger partial charge is 0.158 e. The summed E-state index contributed by atoms with van der Waals surface area (Å²) in [5.41, 5.74) is 0.647. The molecule has 3 nitrogen and oxygen atoms in total. The molecule has 1 unspecified atom stereocenters. The second kappa shape index (κ2) is 4.51. The zero-order valence-corrected chi connectivity index (χ0v) is 9.63. The highest BCUT2D eigenvalue weighted by Gasteiger charge is 2.28. The second-order valence-electron chi connectivity index (χ2n) is 4.05. The maximum Gasteiger partial charge on any atom is 0.158 e. The van der Waals surface area contributed by atoms with Gasteiger partial charge in [0, 0.05) is 6.54 Å². The van der Waals surface area contributed by atoms with Gasteiger partial charge in [0.25, 0.3) is 0 Å². The Morgan fingerprint density at radius 1 is 1.31 bits per heavy atom. The minimum Gasteiger partial charge on any atom is -0.315 e. The maximum atomic E-state index is 12.7. The van der Waals surface area contributed by atoms with E-state index in [2.05, 4.69) is 5.32 Å². The van der Waals surface area contributed by atoms with Crippen LogP contribution in [-0.4, -0.2) is 26.8 Å². The summed E-state index contributed by atoms with van der Waals surface area (Å²) in [7, 11) is -3.11. The molecule has 0 saturated carbocycles. The van der Waals surface area contributed by atoms with Crippen molar-refractivity contribution in [3.63, 3.8) is 0 Å². The van der Waals surface area contributed by atoms with E-state index in [1.54, 1.807) is 0 Å². The molecule has 0 aromatic heterocycles. The Hall–Kier alpha value is -0.940. The minimum absolute atomic E-state index is 0.000370. The lowest BCUT2D eigenvalue weighted by atomic mass is 10.2. The van der Waals surface area contributed by atoms with Crippen molar-refractivity contribution in [2.75, 3.05) is 13.1 Å². The fourth-order valence-electron chi connectivity index (χ4n) is 1.87. The Morgan fingerprint density at radius 3 is 2.56 bits per heavy atom. The average Bonchev–Trinajstić information content (AvgIpc) is 2.75. The van der Waals surface area contributed by atoms with Gasteiger partial charge in [0.05, 0.1) is 11.0 Å². The molecular weight excluding hydrogens is 229 g/mol. The lowest BCUT2D eigenvalue weighted by Crippen LogP contribution is -2.25. The number of halogens is 1. The maximum absolute atomic E-state index is 12.7. The Kier molecular flexibility index (Phi) is 3.25. The van der Waals surface area contributed by atoms with E-state index >= 15 is 0 Å². The first-order chi connectivity index (χ1) is 7.58. The number of benzene rings is 1. The van der Waals surface area contributed by atoms with E-state index in [4.69, 9.17) is 0 Å². The predicted octanol–water partition coefficient (Wildman–Crippen LogP) is 1.10. The van der Waals surface area contributed by atoms with Crippen molar-refractivity contribution in [1.29, 1.82) is 0 Å². The number of nitrogens with one attached hydrogen (secondary N) is 1. The molecule has 0 aliphatic carbocycles. The molecule has 0 amide bonds. The summed E-state index contributed by atoms with van der Waals surface area (Å²) < 4.78 is 36.6. The van der Waals surface area contributed by atoms with Crippen molar-refractivity contribution in [3.8, 4) is 0 Å². The van der Waals surface area contributed by atoms with Crippen LogP contribution in [0.3, 0.4) is 0 Å². The average molecular weight is 243 g/mol. The molecule has 1 aromatic carbocycles. The number of hydrogen-bond donors (Lipinski definition) is 1. The molecule has 0 radical (unpaired) electrons. The summed E-state index contributed by atoms with van der Waals surface area (Å²) in [6, 6.07) is 5.63. The molecule has 1 heterocycles. The van der Waals surface area contributed by atoms with Crippen molar-refractivity contribution in [2.45, 2.75) is 17.4 Å². The van der Waals surface area contributed by atoms with E-state index in [-0.39, 0.29) is 16.8 Å². The van der Waals surface area contributed by atoms with E-state index in [1.165, 1.54) is 24.3 Å². The third-order valence-corrected chi connectivity index (χ3v) is 4.96. The normalized spacial score (nSPS) is 21.2. The van der Waals surface area contributed by atoms with Gasteiger partial charge in [0.1, 0.15) is 5.82 Å². The van der Waals surface area contributed by atoms with Crippen LogP contribution in [0.2, 0.25) is 0 Å². The first-order valence-electron chi connectivity index (χ1n) is 5.25. The molecule has 1 aliphatic heterocycles. The molecule has 0 spiro atoms. The van der Waals surface area contributed by atoms with Crippen LogP contribution in [0.15, 0.2) is 24.3 Å². The van der Waals surface area contributed by atoms with Crippen molar-refractivity contribution in [1.82, 2.24) is 5.32 Å². The van der Waals surface area contributed by atoms with Crippen LogP contribution in [0.5, 0.6) is 0 Å². The monoisotopic (exact) mass is 243 g/mol. The first-order valence-corrected chi connectivity index (χ1v) is 6.96. The van der Waals surface area contributed by atoms with Crippen LogP contribution in [0, 0.1) is 5.82 Å². The molecule has 1 saturated heterocycles. The first kappa shape index (κ1) is 11.5. The van der Waals surface area contributed by atoms with Gasteiger partial charge in [-0.15, -0.1) is 0 Å². The predicted molar refractivity (Wildman–Crippen MR) is 60.3 cm³/mol. The van der Waals surface area contributed by atoms with Gasteiger partial charge in [-0.25, -0.2) is 12.8 Å². The van der Waals surface area contributed by atoms with Gasteiger partial charge in [-0.05, 0) is 30.7 Å². The Balaban J connectivity index is 2.11. The van der Waals surface area contributed by atoms with Crippen LogP contribution in [-0.2, 0) is 15.6 Å². The van der Waals surface area contributed by atoms with Gasteiger partial charge in [0.2, 0.25) is 0 Å². The lowest BCUT2D eigenvalue weighted by molar-refractivity contribution is 0.581. The van der Waals surface area contributed by atoms with Crippen molar-refractivity contribution in [3.05, 3.63) is 35.6 Å². The van der Waals surface area contributed by atoms with Crippen molar-refractivity contribution < 1.29 is 12.8 Å². The molecule has 1 aliphatic rings. The van der Waals surface area contributed by atoms with Gasteiger partial charge in [-0.3, -0.25) is 0 Å². The zero-order chi connectivity index (χ0) is 11.6. The third-order valence-electron chi connectivity index (χ3n) is 2.80. The number of hydrogen-bond acceptors (Lipinski definition) is 3. The van der Waals surface area contributed by atoms with Gasteiger partial charge in [-0.2, -0.15) is 0 Å². The molecule has 5 heteroatoms. The van der Waals surface area contributed by atoms with E-state index in [0.29, 0.717) is 18.5 Å². The number of sulfone groups is 1. The fraction of sp³-hybridized carbons (Fsp3) is 0.455. The molecule has 16 heavy (non-hydrogen) atoms. The van der Waals surface area contributed by atoms with Crippen LogP contribution >= 0.6 is 0 Å². The summed E-state index contributed by atoms with van der Waals surface area (Å²) in [4.78, 5) is 0. The highest BCUT2D eigenvalue weighted by atomic mass is 32.2. The van der Waals surface area contributed by atoms with Gasteiger partial charge in [-0.1, -0.05) is 12.1 Å². The summed E-state index contributed by atoms with van der Waals surface area (Å²) in [5.74, 6) is -0.344. The summed E-state index contributed by atoms with van der Waals surface area (Å²) in [5, 5.41) is 2.74. The van der Waals surface area contributed by atoms with Gasteiger partial charge < -0.3 is 5.32 Å². The Labute approximate surface area is 94.6 Å². The summed E-state index contributed by atoms with van der Waals surface area (Å²) >= 11 is 0. The van der Waals surface area contributed by atoms with Crippen LogP contribution in [0.1, 0.15) is 12.0 Å². The zero-order valence-electron chi connectivity index (χ0n) is 8.82. The molecule has 88 valence electrons. The highest BCUT2D eigenvalue weighted by Crippen LogP contribution is 2.16. The third kappa shape index (κ3) is 2.59. The van der Waals surface area contributed by atoms with Gasteiger partial charge in [0.15, 0.2) is 9.84 Å². The molecule has 0 bridgehead atoms. The topological polar surface area (TPSA) is 46.2 Å². The summed E-state index contributed by atoms with van der Waals surface area (Å²) in [6.45, 7) is 1.29. The molecule has 1 aromatic rings. The second-order valence-corrected chi connectivity index (χ2v) is 6.33. The van der Waals surface area contributed by atoms with Crippen LogP contribution in [0.25, 0.3) is 0 Å². The lowest BCUT2D eigenvalue weighted by Gasteiger charge is -2.10. The van der Waals surface area contributed by atoms with E-state index in [9.17, 15) is 12.8 Å². The highest BCUT2D eigenvalue weighted by molar-refractivity contribution is 7.91. The van der Waals surface area contributed by atoms with Crippen molar-refractivity contribution >= 4 is 9.84 Å².